The molecule has 0 radical (unpaired) electrons. The van der Waals surface area contributed by atoms with Gasteiger partial charge in [-0.25, -0.2) is 14.4 Å². The maximum Gasteiger partial charge on any atom is 0.231 e. The van der Waals surface area contributed by atoms with E-state index in [2.05, 4.69) is 43.0 Å². The Labute approximate surface area is 197 Å². The molecule has 1 saturated heterocycles. The number of carbonyl (C=O) groups is 1. The first-order valence-corrected chi connectivity index (χ1v) is 12.2. The van der Waals surface area contributed by atoms with Crippen LogP contribution in [0.3, 0.4) is 0 Å². The number of nitrogens with one attached hydrogen (secondary N) is 1. The van der Waals surface area contributed by atoms with E-state index in [0.29, 0.717) is 35.6 Å². The number of anilines is 1. The number of hydrogen-bond acceptors (Lipinski definition) is 5. The Hall–Kier alpha value is -2.06. The van der Waals surface area contributed by atoms with Crippen LogP contribution >= 0.6 is 15.9 Å². The minimum Gasteiger partial charge on any atom is -0.353 e. The quantitative estimate of drug-likeness (QED) is 0.648. The van der Waals surface area contributed by atoms with Crippen LogP contribution in [0, 0.1) is 5.82 Å². The van der Waals surface area contributed by atoms with Gasteiger partial charge in [0, 0.05) is 60.1 Å². The molecule has 1 fully saturated rings. The average Bonchev–Trinajstić information content (AvgIpc) is 3.16. The average molecular weight is 504 g/mol. The number of fused-ring (bicyclic) bond motifs is 1. The molecule has 0 spiro atoms. The maximum atomic E-state index is 14.7. The second kappa shape index (κ2) is 9.83. The summed E-state index contributed by atoms with van der Waals surface area (Å²) in [7, 11) is 0. The summed E-state index contributed by atoms with van der Waals surface area (Å²) >= 11 is 3.31. The Bertz CT molecular complexity index is 977. The van der Waals surface area contributed by atoms with E-state index in [4.69, 9.17) is 0 Å². The molecular formula is C24H31BrFN5O. The van der Waals surface area contributed by atoms with Crippen LogP contribution < -0.4 is 10.2 Å². The number of nitrogens with zero attached hydrogens (tertiary/aromatic N) is 4. The molecule has 1 N–H and O–H groups in total. The van der Waals surface area contributed by atoms with Crippen molar-refractivity contribution >= 4 is 27.7 Å². The van der Waals surface area contributed by atoms with Crippen molar-refractivity contribution in [3.05, 3.63) is 51.6 Å². The first-order valence-electron chi connectivity index (χ1n) is 11.4. The Morgan fingerprint density at radius 1 is 1.25 bits per heavy atom. The SMILES string of the molecule is CC(C)NCC(C(=O)N1CCN(c2ncnc3c2C(C)CC3)CC1)c1ccc(Br)cc1F. The molecule has 8 heteroatoms. The Morgan fingerprint density at radius 2 is 2.00 bits per heavy atom. The van der Waals surface area contributed by atoms with Gasteiger partial charge in [-0.1, -0.05) is 42.8 Å². The summed E-state index contributed by atoms with van der Waals surface area (Å²) in [6.07, 6.45) is 3.78. The van der Waals surface area contributed by atoms with Crippen LogP contribution in [0.5, 0.6) is 0 Å². The number of piperazine rings is 1. The molecule has 2 aromatic rings. The van der Waals surface area contributed by atoms with E-state index in [1.807, 2.05) is 18.7 Å². The summed E-state index contributed by atoms with van der Waals surface area (Å²) in [5.74, 6) is 0.546. The Kier molecular flexibility index (Phi) is 7.10. The minimum absolute atomic E-state index is 0.0275. The molecule has 2 atom stereocenters. The Morgan fingerprint density at radius 3 is 2.69 bits per heavy atom. The van der Waals surface area contributed by atoms with Crippen LogP contribution in [-0.4, -0.2) is 59.5 Å². The van der Waals surface area contributed by atoms with Crippen LogP contribution in [0.2, 0.25) is 0 Å². The lowest BCUT2D eigenvalue weighted by Crippen LogP contribution is -2.51. The van der Waals surface area contributed by atoms with E-state index in [1.165, 1.54) is 11.6 Å². The number of amides is 1. The van der Waals surface area contributed by atoms with Gasteiger partial charge in [-0.15, -0.1) is 0 Å². The van der Waals surface area contributed by atoms with Crippen molar-refractivity contribution in [1.82, 2.24) is 20.2 Å². The second-order valence-corrected chi connectivity index (χ2v) is 10.0. The van der Waals surface area contributed by atoms with Gasteiger partial charge >= 0.3 is 0 Å². The first-order chi connectivity index (χ1) is 15.3. The molecule has 2 aliphatic rings. The largest absolute Gasteiger partial charge is 0.353 e. The molecular weight excluding hydrogens is 473 g/mol. The molecule has 1 aromatic heterocycles. The normalized spacial score (nSPS) is 19.4. The summed E-state index contributed by atoms with van der Waals surface area (Å²) in [4.78, 5) is 26.7. The number of halogens is 2. The van der Waals surface area contributed by atoms with E-state index in [9.17, 15) is 9.18 Å². The summed E-state index contributed by atoms with van der Waals surface area (Å²) in [5.41, 5.74) is 2.87. The third kappa shape index (κ3) is 4.81. The molecule has 1 aromatic carbocycles. The fourth-order valence-electron chi connectivity index (χ4n) is 4.70. The van der Waals surface area contributed by atoms with Crippen molar-refractivity contribution in [1.29, 1.82) is 0 Å². The third-order valence-electron chi connectivity index (χ3n) is 6.51. The molecule has 32 heavy (non-hydrogen) atoms. The van der Waals surface area contributed by atoms with Crippen molar-refractivity contribution in [3.8, 4) is 0 Å². The molecule has 0 bridgehead atoms. The maximum absolute atomic E-state index is 14.7. The van der Waals surface area contributed by atoms with Gasteiger partial charge in [-0.05, 0) is 30.9 Å². The van der Waals surface area contributed by atoms with Gasteiger partial charge < -0.3 is 15.1 Å². The fourth-order valence-corrected chi connectivity index (χ4v) is 5.04. The highest BCUT2D eigenvalue weighted by Crippen LogP contribution is 2.37. The van der Waals surface area contributed by atoms with Gasteiger partial charge in [0.05, 0.1) is 5.92 Å². The molecule has 172 valence electrons. The minimum atomic E-state index is -0.555. The van der Waals surface area contributed by atoms with E-state index in [0.717, 1.165) is 37.4 Å². The molecule has 0 saturated carbocycles. The lowest BCUT2D eigenvalue weighted by Gasteiger charge is -2.38. The lowest BCUT2D eigenvalue weighted by atomic mass is 9.96. The van der Waals surface area contributed by atoms with Gasteiger partial charge in [0.25, 0.3) is 0 Å². The van der Waals surface area contributed by atoms with Crippen molar-refractivity contribution in [2.75, 3.05) is 37.6 Å². The number of hydrogen-bond donors (Lipinski definition) is 1. The molecule has 2 unspecified atom stereocenters. The lowest BCUT2D eigenvalue weighted by molar-refractivity contribution is -0.133. The van der Waals surface area contributed by atoms with E-state index in [-0.39, 0.29) is 17.8 Å². The molecule has 6 nitrogen and oxygen atoms in total. The zero-order chi connectivity index (χ0) is 22.8. The predicted octanol–water partition coefficient (Wildman–Crippen LogP) is 3.86. The van der Waals surface area contributed by atoms with Crippen LogP contribution in [0.15, 0.2) is 29.0 Å². The van der Waals surface area contributed by atoms with Crippen LogP contribution in [0.1, 0.15) is 55.8 Å². The van der Waals surface area contributed by atoms with Crippen LogP contribution in [0.4, 0.5) is 10.2 Å². The molecule has 2 heterocycles. The highest BCUT2D eigenvalue weighted by molar-refractivity contribution is 9.10. The van der Waals surface area contributed by atoms with Crippen molar-refractivity contribution < 1.29 is 9.18 Å². The highest BCUT2D eigenvalue weighted by atomic mass is 79.9. The number of rotatable bonds is 6. The monoisotopic (exact) mass is 503 g/mol. The number of carbonyl (C=O) groups excluding carboxylic acids is 1. The van der Waals surface area contributed by atoms with Crippen LogP contribution in [0.25, 0.3) is 0 Å². The van der Waals surface area contributed by atoms with Crippen molar-refractivity contribution in [2.24, 2.45) is 0 Å². The first kappa shape index (κ1) is 23.1. The summed E-state index contributed by atoms with van der Waals surface area (Å²) in [6.45, 7) is 9.33. The standard InChI is InChI=1S/C24H31BrFN5O/c1-15(2)27-13-19(18-6-5-17(25)12-20(18)26)24(32)31-10-8-30(9-11-31)23-22-16(3)4-7-21(22)28-14-29-23/h5-6,12,14-16,19,27H,4,7-11,13H2,1-3H3. The Balaban J connectivity index is 1.49. The van der Waals surface area contributed by atoms with Gasteiger partial charge in [0.2, 0.25) is 5.91 Å². The number of aryl methyl sites for hydroxylation is 1. The van der Waals surface area contributed by atoms with Gasteiger partial charge in [-0.2, -0.15) is 0 Å². The number of benzene rings is 1. The second-order valence-electron chi connectivity index (χ2n) is 9.09. The zero-order valence-electron chi connectivity index (χ0n) is 18.9. The summed E-state index contributed by atoms with van der Waals surface area (Å²) in [6, 6.07) is 5.15. The zero-order valence-corrected chi connectivity index (χ0v) is 20.5. The van der Waals surface area contributed by atoms with Crippen molar-refractivity contribution in [3.63, 3.8) is 0 Å². The molecule has 1 amide bonds. The summed E-state index contributed by atoms with van der Waals surface area (Å²) < 4.78 is 15.4. The van der Waals surface area contributed by atoms with Crippen molar-refractivity contribution in [2.45, 2.75) is 51.5 Å². The predicted molar refractivity (Wildman–Crippen MR) is 128 cm³/mol. The van der Waals surface area contributed by atoms with Gasteiger partial charge in [-0.3, -0.25) is 4.79 Å². The molecule has 4 rings (SSSR count). The molecule has 1 aliphatic carbocycles. The third-order valence-corrected chi connectivity index (χ3v) is 7.00. The van der Waals surface area contributed by atoms with E-state index >= 15 is 0 Å². The van der Waals surface area contributed by atoms with E-state index in [1.54, 1.807) is 18.5 Å². The topological polar surface area (TPSA) is 61.4 Å². The fraction of sp³-hybridized carbons (Fsp3) is 0.542. The smallest absolute Gasteiger partial charge is 0.231 e. The van der Waals surface area contributed by atoms with Gasteiger partial charge in [0.1, 0.15) is 18.0 Å². The highest BCUT2D eigenvalue weighted by Gasteiger charge is 2.33. The summed E-state index contributed by atoms with van der Waals surface area (Å²) in [5, 5.41) is 3.32. The number of aromatic nitrogens is 2. The molecule has 1 aliphatic heterocycles. The van der Waals surface area contributed by atoms with Gasteiger partial charge in [0.15, 0.2) is 0 Å². The van der Waals surface area contributed by atoms with Crippen LogP contribution in [-0.2, 0) is 11.2 Å². The van der Waals surface area contributed by atoms with E-state index < -0.39 is 5.92 Å².